The molecule has 1 aromatic rings. The lowest BCUT2D eigenvalue weighted by Crippen LogP contribution is -2.51. The number of nitrogens with one attached hydrogen (secondary N) is 2. The molecule has 1 saturated heterocycles. The summed E-state index contributed by atoms with van der Waals surface area (Å²) < 4.78 is 0. The summed E-state index contributed by atoms with van der Waals surface area (Å²) in [5, 5.41) is 5.91. The van der Waals surface area contributed by atoms with Crippen molar-refractivity contribution in [2.24, 2.45) is 0 Å². The van der Waals surface area contributed by atoms with Crippen LogP contribution >= 0.6 is 11.3 Å². The molecular formula is C11H8N2O3S. The van der Waals surface area contributed by atoms with Gasteiger partial charge < -0.3 is 0 Å². The van der Waals surface area contributed by atoms with Gasteiger partial charge in [0.2, 0.25) is 0 Å². The standard InChI is InChI=1S/C11H8N2O3S/c14-9-8(10(15)13-11(16)12-9)5-1-3-7-4-2-6-17-7/h1-6H,(H2,12,13,14,15,16)/b3-1+. The molecule has 6 heteroatoms. The van der Waals surface area contributed by atoms with Crippen molar-refractivity contribution in [3.05, 3.63) is 40.1 Å². The van der Waals surface area contributed by atoms with Crippen molar-refractivity contribution in [2.75, 3.05) is 0 Å². The Balaban J connectivity index is 2.13. The second-order valence-corrected chi connectivity index (χ2v) is 4.17. The highest BCUT2D eigenvalue weighted by molar-refractivity contribution is 7.10. The van der Waals surface area contributed by atoms with Gasteiger partial charge in [-0.25, -0.2) is 4.79 Å². The van der Waals surface area contributed by atoms with Crippen molar-refractivity contribution in [1.82, 2.24) is 10.6 Å². The van der Waals surface area contributed by atoms with E-state index in [4.69, 9.17) is 0 Å². The molecule has 0 aliphatic carbocycles. The molecule has 1 fully saturated rings. The first kappa shape index (κ1) is 11.3. The Morgan fingerprint density at radius 1 is 1.12 bits per heavy atom. The first-order valence-electron chi connectivity index (χ1n) is 4.75. The predicted molar refractivity (Wildman–Crippen MR) is 63.1 cm³/mol. The van der Waals surface area contributed by atoms with Gasteiger partial charge in [0.15, 0.2) is 0 Å². The third-order valence-electron chi connectivity index (χ3n) is 2.01. The summed E-state index contributed by atoms with van der Waals surface area (Å²) in [6.07, 6.45) is 4.74. The molecule has 0 unspecified atom stereocenters. The molecule has 17 heavy (non-hydrogen) atoms. The van der Waals surface area contributed by atoms with E-state index in [0.717, 1.165) is 4.88 Å². The van der Waals surface area contributed by atoms with Gasteiger partial charge in [-0.15, -0.1) is 11.3 Å². The maximum Gasteiger partial charge on any atom is 0.328 e. The third-order valence-corrected chi connectivity index (χ3v) is 2.85. The summed E-state index contributed by atoms with van der Waals surface area (Å²) in [5.74, 6) is -1.37. The van der Waals surface area contributed by atoms with E-state index in [0.29, 0.717) is 0 Å². The van der Waals surface area contributed by atoms with E-state index in [9.17, 15) is 14.4 Å². The topological polar surface area (TPSA) is 75.3 Å². The highest BCUT2D eigenvalue weighted by atomic mass is 32.1. The zero-order valence-corrected chi connectivity index (χ0v) is 9.41. The first-order chi connectivity index (χ1) is 8.16. The van der Waals surface area contributed by atoms with Gasteiger partial charge >= 0.3 is 6.03 Å². The lowest BCUT2D eigenvalue weighted by atomic mass is 10.2. The molecule has 0 saturated carbocycles. The smallest absolute Gasteiger partial charge is 0.273 e. The number of imide groups is 2. The fourth-order valence-corrected chi connectivity index (χ4v) is 1.88. The van der Waals surface area contributed by atoms with E-state index < -0.39 is 17.8 Å². The van der Waals surface area contributed by atoms with Crippen LogP contribution in [0.1, 0.15) is 4.88 Å². The SMILES string of the molecule is O=C1NC(=O)C(=C/C=C/c2cccs2)C(=O)N1. The minimum absolute atomic E-state index is 0.0857. The van der Waals surface area contributed by atoms with Crippen molar-refractivity contribution in [3.63, 3.8) is 0 Å². The summed E-state index contributed by atoms with van der Waals surface area (Å²) >= 11 is 1.54. The Hall–Kier alpha value is -2.21. The third kappa shape index (κ3) is 2.67. The van der Waals surface area contributed by atoms with Gasteiger partial charge in [0.05, 0.1) is 0 Å². The van der Waals surface area contributed by atoms with Crippen LogP contribution < -0.4 is 10.6 Å². The maximum atomic E-state index is 11.3. The van der Waals surface area contributed by atoms with E-state index in [-0.39, 0.29) is 5.57 Å². The van der Waals surface area contributed by atoms with Crippen LogP contribution in [-0.4, -0.2) is 17.8 Å². The van der Waals surface area contributed by atoms with Crippen molar-refractivity contribution < 1.29 is 14.4 Å². The Morgan fingerprint density at radius 2 is 1.82 bits per heavy atom. The highest BCUT2D eigenvalue weighted by Crippen LogP contribution is 2.10. The molecule has 2 N–H and O–H groups in total. The lowest BCUT2D eigenvalue weighted by Gasteiger charge is -2.12. The van der Waals surface area contributed by atoms with Crippen LogP contribution in [0.3, 0.4) is 0 Å². The van der Waals surface area contributed by atoms with Crippen LogP contribution in [0.15, 0.2) is 35.2 Å². The normalized spacial score (nSPS) is 16.0. The number of thiophene rings is 1. The quantitative estimate of drug-likeness (QED) is 0.607. The average molecular weight is 248 g/mol. The van der Waals surface area contributed by atoms with Gasteiger partial charge in [0, 0.05) is 4.88 Å². The number of allylic oxidation sites excluding steroid dienone is 2. The van der Waals surface area contributed by atoms with Crippen LogP contribution in [0.4, 0.5) is 4.79 Å². The van der Waals surface area contributed by atoms with Crippen molar-refractivity contribution in [3.8, 4) is 0 Å². The second kappa shape index (κ2) is 4.75. The molecule has 0 spiro atoms. The summed E-state index contributed by atoms with van der Waals surface area (Å²) in [6, 6.07) is 3.01. The first-order valence-corrected chi connectivity index (χ1v) is 5.63. The molecular weight excluding hydrogens is 240 g/mol. The molecule has 0 aromatic carbocycles. The molecule has 4 amide bonds. The van der Waals surface area contributed by atoms with Crippen LogP contribution in [0, 0.1) is 0 Å². The molecule has 5 nitrogen and oxygen atoms in total. The Kier molecular flexibility index (Phi) is 3.15. The number of carbonyl (C=O) groups is 3. The van der Waals surface area contributed by atoms with Gasteiger partial charge in [-0.2, -0.15) is 0 Å². The fourth-order valence-electron chi connectivity index (χ4n) is 1.25. The van der Waals surface area contributed by atoms with E-state index in [1.807, 2.05) is 28.1 Å². The van der Waals surface area contributed by atoms with E-state index in [2.05, 4.69) is 0 Å². The molecule has 2 heterocycles. The lowest BCUT2D eigenvalue weighted by molar-refractivity contribution is -0.124. The van der Waals surface area contributed by atoms with Gasteiger partial charge in [-0.05, 0) is 23.6 Å². The van der Waals surface area contributed by atoms with Crippen LogP contribution in [-0.2, 0) is 9.59 Å². The summed E-state index contributed by atoms with van der Waals surface area (Å²) in [7, 11) is 0. The number of amides is 4. The minimum atomic E-state index is -0.792. The zero-order chi connectivity index (χ0) is 12.3. The number of urea groups is 1. The molecule has 1 aromatic heterocycles. The Morgan fingerprint density at radius 3 is 2.41 bits per heavy atom. The number of hydrogen-bond acceptors (Lipinski definition) is 4. The van der Waals surface area contributed by atoms with E-state index in [1.54, 1.807) is 23.5 Å². The molecule has 1 aliphatic rings. The number of rotatable bonds is 2. The zero-order valence-electron chi connectivity index (χ0n) is 8.60. The number of barbiturate groups is 1. The van der Waals surface area contributed by atoms with E-state index >= 15 is 0 Å². The molecule has 1 aliphatic heterocycles. The molecule has 2 rings (SSSR count). The molecule has 0 radical (unpaired) electrons. The van der Waals surface area contributed by atoms with Gasteiger partial charge in [-0.3, -0.25) is 20.2 Å². The van der Waals surface area contributed by atoms with E-state index in [1.165, 1.54) is 6.08 Å². The van der Waals surface area contributed by atoms with Gasteiger partial charge in [-0.1, -0.05) is 12.1 Å². The van der Waals surface area contributed by atoms with Crippen LogP contribution in [0.2, 0.25) is 0 Å². The van der Waals surface area contributed by atoms with Crippen molar-refractivity contribution in [2.45, 2.75) is 0 Å². The fraction of sp³-hybridized carbons (Fsp3) is 0. The summed E-state index contributed by atoms with van der Waals surface area (Å²) in [4.78, 5) is 34.4. The molecule has 86 valence electrons. The highest BCUT2D eigenvalue weighted by Gasteiger charge is 2.26. The van der Waals surface area contributed by atoms with Gasteiger partial charge in [0.1, 0.15) is 5.57 Å². The average Bonchev–Trinajstić information content (AvgIpc) is 2.74. The van der Waals surface area contributed by atoms with Crippen LogP contribution in [0.5, 0.6) is 0 Å². The number of hydrogen-bond donors (Lipinski definition) is 2. The van der Waals surface area contributed by atoms with Crippen molar-refractivity contribution >= 4 is 35.3 Å². The predicted octanol–water partition coefficient (Wildman–Crippen LogP) is 1.05. The summed E-state index contributed by atoms with van der Waals surface area (Å²) in [6.45, 7) is 0. The Bertz CT molecular complexity index is 507. The molecule has 0 bridgehead atoms. The van der Waals surface area contributed by atoms with Gasteiger partial charge in [0.25, 0.3) is 11.8 Å². The maximum absolute atomic E-state index is 11.3. The second-order valence-electron chi connectivity index (χ2n) is 3.19. The number of carbonyl (C=O) groups excluding carboxylic acids is 3. The Labute approximate surface area is 101 Å². The molecule has 0 atom stereocenters. The van der Waals surface area contributed by atoms with Crippen molar-refractivity contribution in [1.29, 1.82) is 0 Å². The largest absolute Gasteiger partial charge is 0.328 e. The monoisotopic (exact) mass is 248 g/mol. The van der Waals surface area contributed by atoms with Crippen LogP contribution in [0.25, 0.3) is 6.08 Å². The summed E-state index contributed by atoms with van der Waals surface area (Å²) in [5.41, 5.74) is -0.0857. The minimum Gasteiger partial charge on any atom is -0.273 e.